The molecule has 2 rings (SSSR count). The third-order valence-corrected chi connectivity index (χ3v) is 5.76. The molecule has 8 heteroatoms. The highest BCUT2D eigenvalue weighted by atomic mass is 16.6. The molecule has 2 aliphatic carbocycles. The number of nitrogens with zero attached hydrogens (tertiary/aromatic N) is 2. The van der Waals surface area contributed by atoms with Gasteiger partial charge in [-0.1, -0.05) is 13.8 Å². The molecule has 0 radical (unpaired) electrons. The number of fused-ring (bicyclic) bond motifs is 2. The Morgan fingerprint density at radius 2 is 1.62 bits per heavy atom. The first-order valence-electron chi connectivity index (χ1n) is 10.9. The summed E-state index contributed by atoms with van der Waals surface area (Å²) in [5, 5.41) is 0. The summed E-state index contributed by atoms with van der Waals surface area (Å²) in [5.74, 6) is 0.416. The van der Waals surface area contributed by atoms with Crippen LogP contribution in [-0.4, -0.2) is 73.5 Å². The maximum absolute atomic E-state index is 13.1. The molecule has 0 saturated heterocycles. The van der Waals surface area contributed by atoms with Gasteiger partial charge in [-0.15, -0.1) is 0 Å². The number of ether oxygens (including phenoxy) is 4. The summed E-state index contributed by atoms with van der Waals surface area (Å²) >= 11 is 0. The van der Waals surface area contributed by atoms with Gasteiger partial charge in [0, 0.05) is 27.3 Å². The van der Waals surface area contributed by atoms with Gasteiger partial charge >= 0.3 is 12.2 Å². The molecule has 29 heavy (non-hydrogen) atoms. The van der Waals surface area contributed by atoms with E-state index in [0.717, 1.165) is 32.1 Å². The van der Waals surface area contributed by atoms with Gasteiger partial charge in [0.2, 0.25) is 0 Å². The minimum absolute atomic E-state index is 0.398. The molecular weight excluding hydrogens is 376 g/mol. The lowest BCUT2D eigenvalue weighted by atomic mass is 9.93. The number of carbonyl (C=O) groups excluding carboxylic acids is 2. The lowest BCUT2D eigenvalue weighted by Gasteiger charge is -2.38. The molecule has 0 heterocycles. The van der Waals surface area contributed by atoms with Gasteiger partial charge in [0.15, 0.2) is 5.60 Å². The van der Waals surface area contributed by atoms with Crippen LogP contribution in [0.2, 0.25) is 0 Å². The summed E-state index contributed by atoms with van der Waals surface area (Å²) in [6.45, 7) is 8.77. The van der Waals surface area contributed by atoms with Gasteiger partial charge in [-0.05, 0) is 58.3 Å². The molecule has 0 spiro atoms. The number of rotatable bonds is 10. The fourth-order valence-corrected chi connectivity index (χ4v) is 4.24. The Morgan fingerprint density at radius 3 is 2.10 bits per heavy atom. The van der Waals surface area contributed by atoms with E-state index in [4.69, 9.17) is 18.9 Å². The van der Waals surface area contributed by atoms with E-state index >= 15 is 0 Å². The first kappa shape index (κ1) is 23.7. The quantitative estimate of drug-likeness (QED) is 0.503. The Hall–Kier alpha value is -1.54. The normalized spacial score (nSPS) is 27.4. The zero-order valence-electron chi connectivity index (χ0n) is 18.8. The van der Waals surface area contributed by atoms with Gasteiger partial charge in [0.05, 0.1) is 0 Å². The van der Waals surface area contributed by atoms with Gasteiger partial charge in [-0.25, -0.2) is 9.59 Å². The Balaban J connectivity index is 2.11. The first-order chi connectivity index (χ1) is 13.7. The van der Waals surface area contributed by atoms with Crippen molar-refractivity contribution in [1.29, 1.82) is 0 Å². The Labute approximate surface area is 174 Å². The zero-order valence-corrected chi connectivity index (χ0v) is 18.8. The largest absolute Gasteiger partial charge is 0.442 e. The van der Waals surface area contributed by atoms with E-state index < -0.39 is 36.3 Å². The summed E-state index contributed by atoms with van der Waals surface area (Å²) < 4.78 is 23.3. The lowest BCUT2D eigenvalue weighted by molar-refractivity contribution is -0.142. The SMILES string of the molecule is CCCOC(C)N(C(=O)OC1CC2CCC1(OC(=O)N(C)C)C2)C(C)OCCC. The van der Waals surface area contributed by atoms with Crippen LogP contribution in [0.1, 0.15) is 66.2 Å². The van der Waals surface area contributed by atoms with Crippen LogP contribution in [0.15, 0.2) is 0 Å². The molecule has 5 atom stereocenters. The summed E-state index contributed by atoms with van der Waals surface area (Å²) in [4.78, 5) is 28.3. The first-order valence-corrected chi connectivity index (χ1v) is 10.9. The highest BCUT2D eigenvalue weighted by Crippen LogP contribution is 2.51. The molecule has 0 N–H and O–H groups in total. The molecule has 2 saturated carbocycles. The number of amides is 2. The van der Waals surface area contributed by atoms with Crippen LogP contribution < -0.4 is 0 Å². The molecule has 2 amide bonds. The van der Waals surface area contributed by atoms with Crippen molar-refractivity contribution in [2.24, 2.45) is 5.92 Å². The lowest BCUT2D eigenvalue weighted by Crippen LogP contribution is -2.52. The summed E-state index contributed by atoms with van der Waals surface area (Å²) in [6.07, 6.45) is 2.58. The van der Waals surface area contributed by atoms with E-state index in [1.807, 2.05) is 27.7 Å². The Morgan fingerprint density at radius 1 is 1.03 bits per heavy atom. The summed E-state index contributed by atoms with van der Waals surface area (Å²) in [5.41, 5.74) is -0.728. The maximum Gasteiger partial charge on any atom is 0.414 e. The highest BCUT2D eigenvalue weighted by molar-refractivity contribution is 5.69. The number of carbonyl (C=O) groups is 2. The monoisotopic (exact) mass is 414 g/mol. The standard InChI is InChI=1S/C21H38N2O6/c1-7-11-26-15(3)23(16(4)27-12-8-2)20(25)28-18-13-17-9-10-21(18,14-17)29-19(24)22(5)6/h15-18H,7-14H2,1-6H3. The Kier molecular flexibility index (Phi) is 8.58. The van der Waals surface area contributed by atoms with Crippen LogP contribution >= 0.6 is 0 Å². The van der Waals surface area contributed by atoms with E-state index in [1.54, 1.807) is 14.1 Å². The van der Waals surface area contributed by atoms with Crippen molar-refractivity contribution < 1.29 is 28.5 Å². The molecule has 0 aromatic heterocycles. The molecule has 5 unspecified atom stereocenters. The fraction of sp³-hybridized carbons (Fsp3) is 0.905. The summed E-state index contributed by atoms with van der Waals surface area (Å²) in [7, 11) is 3.31. The molecule has 2 fully saturated rings. The van der Waals surface area contributed by atoms with Crippen LogP contribution in [0.3, 0.4) is 0 Å². The molecule has 2 aliphatic rings. The average Bonchev–Trinajstić information content (AvgIpc) is 3.22. The topological polar surface area (TPSA) is 77.5 Å². The summed E-state index contributed by atoms with van der Waals surface area (Å²) in [6, 6.07) is 0. The van der Waals surface area contributed by atoms with Gasteiger partial charge in [0.1, 0.15) is 18.6 Å². The van der Waals surface area contributed by atoms with Crippen LogP contribution in [0.4, 0.5) is 9.59 Å². The van der Waals surface area contributed by atoms with Gasteiger partial charge in [-0.3, -0.25) is 4.90 Å². The molecule has 0 aromatic carbocycles. The number of hydrogen-bond acceptors (Lipinski definition) is 6. The van der Waals surface area contributed by atoms with E-state index in [0.29, 0.717) is 25.6 Å². The van der Waals surface area contributed by atoms with Gasteiger partial charge in [0.25, 0.3) is 0 Å². The van der Waals surface area contributed by atoms with Crippen molar-refractivity contribution in [3.05, 3.63) is 0 Å². The van der Waals surface area contributed by atoms with Crippen molar-refractivity contribution in [1.82, 2.24) is 9.80 Å². The average molecular weight is 415 g/mol. The molecule has 168 valence electrons. The van der Waals surface area contributed by atoms with Crippen molar-refractivity contribution >= 4 is 12.2 Å². The van der Waals surface area contributed by atoms with Crippen molar-refractivity contribution in [2.75, 3.05) is 27.3 Å². The zero-order chi connectivity index (χ0) is 21.6. The van der Waals surface area contributed by atoms with Gasteiger partial charge < -0.3 is 23.8 Å². The third kappa shape index (κ3) is 5.75. The van der Waals surface area contributed by atoms with Crippen molar-refractivity contribution in [3.8, 4) is 0 Å². The predicted molar refractivity (Wildman–Crippen MR) is 108 cm³/mol. The third-order valence-electron chi connectivity index (χ3n) is 5.76. The minimum Gasteiger partial charge on any atom is -0.442 e. The van der Waals surface area contributed by atoms with E-state index in [2.05, 4.69) is 0 Å². The second-order valence-corrected chi connectivity index (χ2v) is 8.39. The molecule has 8 nitrogen and oxygen atoms in total. The fourth-order valence-electron chi connectivity index (χ4n) is 4.24. The van der Waals surface area contributed by atoms with E-state index in [-0.39, 0.29) is 0 Å². The van der Waals surface area contributed by atoms with Crippen molar-refractivity contribution in [2.45, 2.75) is 90.4 Å². The van der Waals surface area contributed by atoms with Gasteiger partial charge in [-0.2, -0.15) is 0 Å². The second kappa shape index (κ2) is 10.5. The Bertz CT molecular complexity index is 543. The van der Waals surface area contributed by atoms with Crippen molar-refractivity contribution in [3.63, 3.8) is 0 Å². The van der Waals surface area contributed by atoms with E-state index in [1.165, 1.54) is 9.80 Å². The second-order valence-electron chi connectivity index (χ2n) is 8.39. The molecule has 0 aromatic rings. The number of hydrogen-bond donors (Lipinski definition) is 0. The predicted octanol–water partition coefficient (Wildman–Crippen LogP) is 3.98. The van der Waals surface area contributed by atoms with Crippen LogP contribution in [-0.2, 0) is 18.9 Å². The molecular formula is C21H38N2O6. The van der Waals surface area contributed by atoms with Crippen LogP contribution in [0.25, 0.3) is 0 Å². The molecule has 2 bridgehead atoms. The minimum atomic E-state index is -0.728. The smallest absolute Gasteiger partial charge is 0.414 e. The van der Waals surface area contributed by atoms with E-state index in [9.17, 15) is 9.59 Å². The van der Waals surface area contributed by atoms with Crippen LogP contribution in [0, 0.1) is 5.92 Å². The molecule has 0 aliphatic heterocycles. The van der Waals surface area contributed by atoms with Crippen LogP contribution in [0.5, 0.6) is 0 Å². The maximum atomic E-state index is 13.1. The highest BCUT2D eigenvalue weighted by Gasteiger charge is 2.57.